The summed E-state index contributed by atoms with van der Waals surface area (Å²) in [6.45, 7) is 5.29. The van der Waals surface area contributed by atoms with Crippen molar-refractivity contribution in [3.05, 3.63) is 118 Å². The van der Waals surface area contributed by atoms with Crippen LogP contribution < -0.4 is 20.1 Å². The van der Waals surface area contributed by atoms with E-state index in [1.54, 1.807) is 45.0 Å². The maximum absolute atomic E-state index is 13.5. The van der Waals surface area contributed by atoms with Crippen LogP contribution in [-0.2, 0) is 32.6 Å². The maximum Gasteiger partial charge on any atom is 0.408 e. The van der Waals surface area contributed by atoms with E-state index < -0.39 is 49.2 Å². The number of amides is 2. The predicted molar refractivity (Wildman–Crippen MR) is 198 cm³/mol. The molecule has 1 atom stereocenters. The maximum atomic E-state index is 13.5. The molecular weight excluding hydrogens is 685 g/mol. The van der Waals surface area contributed by atoms with Crippen LogP contribution in [0, 0.1) is 10.1 Å². The Kier molecular flexibility index (Phi) is 12.2. The lowest BCUT2D eigenvalue weighted by Crippen LogP contribution is -2.50. The van der Waals surface area contributed by atoms with Gasteiger partial charge in [0.25, 0.3) is 21.6 Å². The minimum atomic E-state index is -4.58. The third-order valence-corrected chi connectivity index (χ3v) is 9.86. The van der Waals surface area contributed by atoms with E-state index >= 15 is 0 Å². The lowest BCUT2D eigenvalue weighted by atomic mass is 9.95. The van der Waals surface area contributed by atoms with Crippen molar-refractivity contribution in [1.29, 1.82) is 0 Å². The number of rotatable bonds is 13. The molecule has 0 radical (unpaired) electrons. The number of nitrogens with one attached hydrogen (secondary N) is 3. The van der Waals surface area contributed by atoms with Gasteiger partial charge in [-0.05, 0) is 80.1 Å². The highest BCUT2D eigenvalue weighted by Crippen LogP contribution is 2.31. The van der Waals surface area contributed by atoms with E-state index in [1.807, 2.05) is 59.3 Å². The fourth-order valence-electron chi connectivity index (χ4n) is 5.89. The van der Waals surface area contributed by atoms with Crippen molar-refractivity contribution in [2.45, 2.75) is 88.5 Å². The number of anilines is 1. The molecule has 5 rings (SSSR count). The van der Waals surface area contributed by atoms with Gasteiger partial charge < -0.3 is 20.1 Å². The van der Waals surface area contributed by atoms with E-state index in [4.69, 9.17) is 9.47 Å². The van der Waals surface area contributed by atoms with Crippen molar-refractivity contribution in [2.24, 2.45) is 0 Å². The Balaban J connectivity index is 1.26. The molecule has 4 aromatic rings. The van der Waals surface area contributed by atoms with E-state index in [9.17, 15) is 28.1 Å². The number of carbonyl (C=O) groups excluding carboxylic acids is 2. The average molecular weight is 729 g/mol. The van der Waals surface area contributed by atoms with Gasteiger partial charge >= 0.3 is 6.09 Å². The number of hydrogen-bond acceptors (Lipinski definition) is 9. The zero-order chi connectivity index (χ0) is 37.3. The Labute approximate surface area is 304 Å². The molecule has 13 heteroatoms. The lowest BCUT2D eigenvalue weighted by molar-refractivity contribution is -0.384. The standard InChI is InChI=1S/C39H44N4O8S/c1-39(2,3)51-38(45)41-35(24-27-16-20-32(21-17-27)50-26-28-14-18-30(19-15-28)29-10-6-4-7-11-29)37(44)42-52(48,49)33-22-23-34(36(25-33)43(46)47)40-31-12-8-5-9-13-31/h4,6-7,10-11,14-23,25,31,35,40H,5,8-9,12-13,24,26H2,1-3H3,(H,41,45)(H,42,44)/t35-/m0/s1. The Morgan fingerprint density at radius 3 is 2.13 bits per heavy atom. The molecule has 0 unspecified atom stereocenters. The number of benzene rings is 4. The van der Waals surface area contributed by atoms with E-state index in [0.717, 1.165) is 54.9 Å². The summed E-state index contributed by atoms with van der Waals surface area (Å²) < 4.78 is 40.0. The first-order valence-corrected chi connectivity index (χ1v) is 18.7. The van der Waals surface area contributed by atoms with Crippen LogP contribution in [0.3, 0.4) is 0 Å². The summed E-state index contributed by atoms with van der Waals surface area (Å²) in [5.74, 6) is -0.472. The molecule has 0 spiro atoms. The summed E-state index contributed by atoms with van der Waals surface area (Å²) >= 11 is 0. The van der Waals surface area contributed by atoms with Gasteiger partial charge in [-0.25, -0.2) is 17.9 Å². The molecule has 0 saturated heterocycles. The van der Waals surface area contributed by atoms with E-state index in [2.05, 4.69) is 10.6 Å². The van der Waals surface area contributed by atoms with Crippen molar-refractivity contribution < 1.29 is 32.4 Å². The molecule has 4 aromatic carbocycles. The number of ether oxygens (including phenoxy) is 2. The molecule has 0 bridgehead atoms. The lowest BCUT2D eigenvalue weighted by Gasteiger charge is -2.24. The summed E-state index contributed by atoms with van der Waals surface area (Å²) in [6.07, 6.45) is 3.82. The topological polar surface area (TPSA) is 166 Å². The van der Waals surface area contributed by atoms with Crippen molar-refractivity contribution in [2.75, 3.05) is 5.32 Å². The number of hydrogen-bond donors (Lipinski definition) is 3. The van der Waals surface area contributed by atoms with Crippen LogP contribution in [0.5, 0.6) is 5.75 Å². The van der Waals surface area contributed by atoms with Crippen LogP contribution in [0.4, 0.5) is 16.2 Å². The molecule has 1 aliphatic carbocycles. The second-order valence-corrected chi connectivity index (χ2v) is 15.5. The number of sulfonamides is 1. The molecule has 1 aliphatic rings. The minimum Gasteiger partial charge on any atom is -0.489 e. The number of carbonyl (C=O) groups is 2. The molecule has 0 heterocycles. The van der Waals surface area contributed by atoms with Crippen molar-refractivity contribution in [3.63, 3.8) is 0 Å². The molecule has 1 saturated carbocycles. The van der Waals surface area contributed by atoms with Crippen LogP contribution in [0.2, 0.25) is 0 Å². The zero-order valence-electron chi connectivity index (χ0n) is 29.5. The van der Waals surface area contributed by atoms with Gasteiger partial charge in [0, 0.05) is 18.5 Å². The number of nitro benzene ring substituents is 1. The number of nitrogens with zero attached hydrogens (tertiary/aromatic N) is 1. The SMILES string of the molecule is CC(C)(C)OC(=O)N[C@@H](Cc1ccc(OCc2ccc(-c3ccccc3)cc2)cc1)C(=O)NS(=O)(=O)c1ccc(NC2CCCCC2)c([N+](=O)[O-])c1. The minimum absolute atomic E-state index is 0.0486. The fraction of sp³-hybridized carbons (Fsp3) is 0.333. The Hall–Kier alpha value is -5.43. The van der Waals surface area contributed by atoms with Gasteiger partial charge in [0.05, 0.1) is 9.82 Å². The summed E-state index contributed by atoms with van der Waals surface area (Å²) in [7, 11) is -4.58. The summed E-state index contributed by atoms with van der Waals surface area (Å²) in [5.41, 5.74) is 2.70. The monoisotopic (exact) mass is 728 g/mol. The van der Waals surface area contributed by atoms with Crippen molar-refractivity contribution in [3.8, 4) is 16.9 Å². The highest BCUT2D eigenvalue weighted by atomic mass is 32.2. The fourth-order valence-corrected chi connectivity index (χ4v) is 6.93. The number of alkyl carbamates (subject to hydrolysis) is 1. The van der Waals surface area contributed by atoms with E-state index in [0.29, 0.717) is 17.9 Å². The smallest absolute Gasteiger partial charge is 0.408 e. The zero-order valence-corrected chi connectivity index (χ0v) is 30.3. The molecule has 12 nitrogen and oxygen atoms in total. The van der Waals surface area contributed by atoms with Gasteiger partial charge in [0.15, 0.2) is 0 Å². The second-order valence-electron chi connectivity index (χ2n) is 13.8. The molecule has 3 N–H and O–H groups in total. The average Bonchev–Trinajstić information content (AvgIpc) is 3.11. The highest BCUT2D eigenvalue weighted by Gasteiger charge is 2.30. The van der Waals surface area contributed by atoms with Crippen LogP contribution in [0.1, 0.15) is 64.0 Å². The van der Waals surface area contributed by atoms with Crippen molar-refractivity contribution in [1.82, 2.24) is 10.0 Å². The first-order chi connectivity index (χ1) is 24.8. The van der Waals surface area contributed by atoms with Gasteiger partial charge in [-0.2, -0.15) is 0 Å². The van der Waals surface area contributed by atoms with Crippen LogP contribution in [-0.4, -0.2) is 43.0 Å². The van der Waals surface area contributed by atoms with E-state index in [-0.39, 0.29) is 18.2 Å². The molecule has 52 heavy (non-hydrogen) atoms. The quantitative estimate of drug-likeness (QED) is 0.0932. The molecular formula is C39H44N4O8S. The summed E-state index contributed by atoms with van der Waals surface area (Å²) in [4.78, 5) is 37.0. The Morgan fingerprint density at radius 2 is 1.50 bits per heavy atom. The first-order valence-electron chi connectivity index (χ1n) is 17.2. The molecule has 0 aromatic heterocycles. The second kappa shape index (κ2) is 16.7. The Morgan fingerprint density at radius 1 is 0.865 bits per heavy atom. The van der Waals surface area contributed by atoms with E-state index in [1.165, 1.54) is 12.1 Å². The van der Waals surface area contributed by atoms with Crippen molar-refractivity contribution >= 4 is 33.4 Å². The first kappa shape index (κ1) is 37.8. The van der Waals surface area contributed by atoms with Gasteiger partial charge in [-0.15, -0.1) is 0 Å². The van der Waals surface area contributed by atoms with Gasteiger partial charge in [-0.3, -0.25) is 14.9 Å². The molecule has 0 aliphatic heterocycles. The van der Waals surface area contributed by atoms with Gasteiger partial charge in [0.2, 0.25) is 0 Å². The predicted octanol–water partition coefficient (Wildman–Crippen LogP) is 7.53. The van der Waals surface area contributed by atoms with Gasteiger partial charge in [-0.1, -0.05) is 86.0 Å². The molecule has 2 amide bonds. The summed E-state index contributed by atoms with van der Waals surface area (Å²) in [6, 6.07) is 27.1. The largest absolute Gasteiger partial charge is 0.489 e. The highest BCUT2D eigenvalue weighted by molar-refractivity contribution is 7.90. The number of nitro groups is 1. The molecule has 274 valence electrons. The van der Waals surface area contributed by atoms with Crippen LogP contribution in [0.15, 0.2) is 102 Å². The third-order valence-electron chi connectivity index (χ3n) is 8.51. The van der Waals surface area contributed by atoms with Crippen LogP contribution in [0.25, 0.3) is 11.1 Å². The molecule has 1 fully saturated rings. The van der Waals surface area contributed by atoms with Gasteiger partial charge in [0.1, 0.15) is 29.7 Å². The normalized spacial score (nSPS) is 14.1. The van der Waals surface area contributed by atoms with Crippen LogP contribution >= 0.6 is 0 Å². The Bertz CT molecular complexity index is 1960. The third kappa shape index (κ3) is 10.8. The summed E-state index contributed by atoms with van der Waals surface area (Å²) in [5, 5.41) is 17.6.